The van der Waals surface area contributed by atoms with Crippen molar-refractivity contribution in [2.45, 2.75) is 55.6 Å². The molecular weight excluding hydrogens is 304 g/mol. The van der Waals surface area contributed by atoms with Crippen molar-refractivity contribution in [3.05, 3.63) is 0 Å². The quantitative estimate of drug-likeness (QED) is 0.750. The Kier molecular flexibility index (Phi) is 5.88. The number of thioether (sulfide) groups is 2. The lowest BCUT2D eigenvalue weighted by Crippen LogP contribution is -2.48. The van der Waals surface area contributed by atoms with Crippen LogP contribution in [0.4, 0.5) is 0 Å². The van der Waals surface area contributed by atoms with Gasteiger partial charge in [0.05, 0.1) is 10.00 Å². The lowest BCUT2D eigenvalue weighted by molar-refractivity contribution is -0.123. The molecule has 0 aromatic rings. The van der Waals surface area contributed by atoms with E-state index in [0.717, 1.165) is 31.4 Å². The minimum atomic E-state index is -0.182. The molecule has 1 saturated heterocycles. The Hall–Kier alpha value is -0.360. The third kappa shape index (κ3) is 4.09. The van der Waals surface area contributed by atoms with Gasteiger partial charge in [-0.1, -0.05) is 13.8 Å². The molecule has 2 amide bonds. The molecule has 4 nitrogen and oxygen atoms in total. The first-order valence-electron chi connectivity index (χ1n) is 7.78. The van der Waals surface area contributed by atoms with Crippen LogP contribution in [0.15, 0.2) is 0 Å². The normalized spacial score (nSPS) is 28.0. The summed E-state index contributed by atoms with van der Waals surface area (Å²) < 4.78 is -0.182. The maximum atomic E-state index is 12.3. The highest BCUT2D eigenvalue weighted by molar-refractivity contribution is 8.01. The fourth-order valence-corrected chi connectivity index (χ4v) is 4.84. The number of rotatable bonds is 7. The molecule has 2 N–H and O–H groups in total. The number of hydrogen-bond donors (Lipinski definition) is 2. The van der Waals surface area contributed by atoms with E-state index in [1.54, 1.807) is 23.5 Å². The summed E-state index contributed by atoms with van der Waals surface area (Å²) in [5, 5.41) is 6.20. The van der Waals surface area contributed by atoms with Gasteiger partial charge in [0.15, 0.2) is 0 Å². The molecule has 2 aliphatic rings. The second kappa shape index (κ2) is 7.27. The molecule has 3 unspecified atom stereocenters. The van der Waals surface area contributed by atoms with Gasteiger partial charge in [0.2, 0.25) is 11.8 Å². The van der Waals surface area contributed by atoms with Gasteiger partial charge in [0.25, 0.3) is 0 Å². The molecule has 120 valence electrons. The van der Waals surface area contributed by atoms with E-state index in [1.807, 2.05) is 13.2 Å². The largest absolute Gasteiger partial charge is 0.353 e. The first kappa shape index (κ1) is 17.0. The van der Waals surface area contributed by atoms with Crippen molar-refractivity contribution in [2.24, 2.45) is 5.92 Å². The van der Waals surface area contributed by atoms with Crippen molar-refractivity contribution in [1.29, 1.82) is 0 Å². The Balaban J connectivity index is 1.77. The van der Waals surface area contributed by atoms with Crippen molar-refractivity contribution in [2.75, 3.05) is 18.6 Å². The number of nitrogens with one attached hydrogen (secondary N) is 2. The van der Waals surface area contributed by atoms with Crippen molar-refractivity contribution in [3.63, 3.8) is 0 Å². The highest BCUT2D eigenvalue weighted by Gasteiger charge is 2.49. The lowest BCUT2D eigenvalue weighted by atomic mass is 10.0. The SMILES string of the molecule is CCC(CNC(=O)C1(SC)CC1)NC(=O)C1SCCC1C. The van der Waals surface area contributed by atoms with Crippen molar-refractivity contribution < 1.29 is 9.59 Å². The van der Waals surface area contributed by atoms with Gasteiger partial charge in [-0.3, -0.25) is 9.59 Å². The molecule has 21 heavy (non-hydrogen) atoms. The van der Waals surface area contributed by atoms with E-state index in [2.05, 4.69) is 17.6 Å². The fourth-order valence-electron chi connectivity index (χ4n) is 2.63. The van der Waals surface area contributed by atoms with Crippen molar-refractivity contribution in [3.8, 4) is 0 Å². The second-order valence-corrected chi connectivity index (χ2v) is 8.52. The van der Waals surface area contributed by atoms with Crippen LogP contribution >= 0.6 is 23.5 Å². The summed E-state index contributed by atoms with van der Waals surface area (Å²) in [6.45, 7) is 4.72. The van der Waals surface area contributed by atoms with Gasteiger partial charge < -0.3 is 10.6 Å². The topological polar surface area (TPSA) is 58.2 Å². The number of carbonyl (C=O) groups excluding carboxylic acids is 2. The predicted molar refractivity (Wildman–Crippen MR) is 90.7 cm³/mol. The van der Waals surface area contributed by atoms with Crippen LogP contribution < -0.4 is 10.6 Å². The molecule has 2 rings (SSSR count). The van der Waals surface area contributed by atoms with E-state index < -0.39 is 0 Å². The van der Waals surface area contributed by atoms with Gasteiger partial charge in [-0.05, 0) is 43.6 Å². The minimum Gasteiger partial charge on any atom is -0.353 e. The standard InChI is InChI=1S/C15H26N2O2S2/c1-4-11(9-16-14(19)15(20-3)6-7-15)17-13(18)12-10(2)5-8-21-12/h10-12H,4-9H2,1-3H3,(H,16,19)(H,17,18). The summed E-state index contributed by atoms with van der Waals surface area (Å²) in [5.41, 5.74) is 0. The third-order valence-corrected chi connectivity index (χ3v) is 7.39. The minimum absolute atomic E-state index is 0.0347. The number of amides is 2. The molecule has 6 heteroatoms. The zero-order chi connectivity index (χ0) is 15.5. The highest BCUT2D eigenvalue weighted by Crippen LogP contribution is 2.47. The Morgan fingerprint density at radius 3 is 2.62 bits per heavy atom. The molecule has 3 atom stereocenters. The van der Waals surface area contributed by atoms with E-state index in [-0.39, 0.29) is 27.9 Å². The highest BCUT2D eigenvalue weighted by atomic mass is 32.2. The molecule has 1 heterocycles. The Bertz CT molecular complexity index is 399. The van der Waals surface area contributed by atoms with Crippen LogP contribution in [0.3, 0.4) is 0 Å². The van der Waals surface area contributed by atoms with Crippen LogP contribution in [0.2, 0.25) is 0 Å². The zero-order valence-corrected chi connectivity index (χ0v) is 14.7. The average Bonchev–Trinajstić information content (AvgIpc) is 3.18. The van der Waals surface area contributed by atoms with E-state index in [1.165, 1.54) is 0 Å². The molecule has 0 radical (unpaired) electrons. The lowest BCUT2D eigenvalue weighted by Gasteiger charge is -2.22. The van der Waals surface area contributed by atoms with Gasteiger partial charge >= 0.3 is 0 Å². The van der Waals surface area contributed by atoms with Crippen LogP contribution in [-0.4, -0.2) is 46.4 Å². The van der Waals surface area contributed by atoms with Crippen LogP contribution in [0.5, 0.6) is 0 Å². The second-order valence-electron chi connectivity index (χ2n) is 6.08. The van der Waals surface area contributed by atoms with Crippen molar-refractivity contribution >= 4 is 35.3 Å². The molecule has 1 aliphatic carbocycles. The molecule has 0 spiro atoms. The number of hydrogen-bond acceptors (Lipinski definition) is 4. The Morgan fingerprint density at radius 2 is 2.14 bits per heavy atom. The monoisotopic (exact) mass is 330 g/mol. The smallest absolute Gasteiger partial charge is 0.236 e. The third-order valence-electron chi connectivity index (χ3n) is 4.50. The van der Waals surface area contributed by atoms with Crippen LogP contribution in [0, 0.1) is 5.92 Å². The first-order valence-corrected chi connectivity index (χ1v) is 10.0. The maximum Gasteiger partial charge on any atom is 0.236 e. The molecule has 0 bridgehead atoms. The van der Waals surface area contributed by atoms with Crippen molar-refractivity contribution in [1.82, 2.24) is 10.6 Å². The fraction of sp³-hybridized carbons (Fsp3) is 0.867. The summed E-state index contributed by atoms with van der Waals surface area (Å²) in [7, 11) is 0. The Labute approximate surface area is 136 Å². The summed E-state index contributed by atoms with van der Waals surface area (Å²) >= 11 is 3.39. The predicted octanol–water partition coefficient (Wildman–Crippen LogP) is 2.03. The molecule has 1 aliphatic heterocycles. The molecule has 1 saturated carbocycles. The first-order chi connectivity index (χ1) is 10.0. The summed E-state index contributed by atoms with van der Waals surface area (Å²) in [6, 6.07) is 0.0347. The van der Waals surface area contributed by atoms with E-state index in [4.69, 9.17) is 0 Å². The van der Waals surface area contributed by atoms with Crippen LogP contribution in [0.25, 0.3) is 0 Å². The molecule has 2 fully saturated rings. The van der Waals surface area contributed by atoms with E-state index in [0.29, 0.717) is 12.5 Å². The van der Waals surface area contributed by atoms with Gasteiger partial charge in [-0.15, -0.1) is 23.5 Å². The average molecular weight is 331 g/mol. The van der Waals surface area contributed by atoms with Gasteiger partial charge in [-0.25, -0.2) is 0 Å². The Morgan fingerprint density at radius 1 is 1.43 bits per heavy atom. The van der Waals surface area contributed by atoms with E-state index in [9.17, 15) is 9.59 Å². The molecule has 0 aromatic heterocycles. The summed E-state index contributed by atoms with van der Waals surface area (Å²) in [5.74, 6) is 1.79. The van der Waals surface area contributed by atoms with Gasteiger partial charge in [0.1, 0.15) is 0 Å². The van der Waals surface area contributed by atoms with Gasteiger partial charge in [0, 0.05) is 12.6 Å². The summed E-state index contributed by atoms with van der Waals surface area (Å²) in [4.78, 5) is 24.4. The van der Waals surface area contributed by atoms with Crippen LogP contribution in [-0.2, 0) is 9.59 Å². The maximum absolute atomic E-state index is 12.3. The van der Waals surface area contributed by atoms with Gasteiger partial charge in [-0.2, -0.15) is 0 Å². The zero-order valence-electron chi connectivity index (χ0n) is 13.1. The summed E-state index contributed by atoms with van der Waals surface area (Å²) in [6.07, 6.45) is 5.89. The number of carbonyl (C=O) groups is 2. The van der Waals surface area contributed by atoms with E-state index >= 15 is 0 Å². The van der Waals surface area contributed by atoms with Crippen LogP contribution in [0.1, 0.15) is 39.5 Å². The molecular formula is C15H26N2O2S2. The molecule has 0 aromatic carbocycles.